The Hall–Kier alpha value is -0.840. The zero-order valence-electron chi connectivity index (χ0n) is 10.3. The number of fused-ring (bicyclic) bond motifs is 1. The molecule has 2 nitrogen and oxygen atoms in total. The molecule has 2 aromatic rings. The van der Waals surface area contributed by atoms with Crippen LogP contribution in [-0.4, -0.2) is 23.8 Å². The Kier molecular flexibility index (Phi) is 3.68. The van der Waals surface area contributed by atoms with Gasteiger partial charge in [0.2, 0.25) is 0 Å². The van der Waals surface area contributed by atoms with Crippen molar-refractivity contribution < 1.29 is 0 Å². The molecule has 1 aliphatic heterocycles. The molecule has 1 N–H and O–H groups in total. The van der Waals surface area contributed by atoms with E-state index in [0.29, 0.717) is 12.0 Å². The van der Waals surface area contributed by atoms with E-state index in [9.17, 15) is 0 Å². The minimum atomic E-state index is 0.501. The number of nitrogens with zero attached hydrogens (tertiary/aromatic N) is 1. The highest BCUT2D eigenvalue weighted by Crippen LogP contribution is 2.41. The Balaban J connectivity index is 1.81. The highest BCUT2D eigenvalue weighted by atomic mass is 32.2. The maximum atomic E-state index is 4.17. The summed E-state index contributed by atoms with van der Waals surface area (Å²) in [4.78, 5) is 6.98. The van der Waals surface area contributed by atoms with Crippen LogP contribution in [0.3, 0.4) is 0 Å². The molecule has 18 heavy (non-hydrogen) atoms. The van der Waals surface area contributed by atoms with Crippen molar-refractivity contribution in [3.8, 4) is 0 Å². The number of likely N-dealkylation sites (N-methyl/N-ethyl adjacent to an activating group) is 1. The van der Waals surface area contributed by atoms with Gasteiger partial charge >= 0.3 is 0 Å². The van der Waals surface area contributed by atoms with Gasteiger partial charge in [-0.05, 0) is 25.1 Å². The van der Waals surface area contributed by atoms with Crippen LogP contribution in [-0.2, 0) is 6.42 Å². The molecule has 1 aliphatic rings. The van der Waals surface area contributed by atoms with Gasteiger partial charge in [-0.3, -0.25) is 4.98 Å². The quantitative estimate of drug-likeness (QED) is 0.928. The Morgan fingerprint density at radius 3 is 3.11 bits per heavy atom. The molecule has 4 heteroatoms. The first-order valence-electron chi connectivity index (χ1n) is 6.15. The molecule has 3 rings (SSSR count). The molecule has 0 saturated heterocycles. The monoisotopic (exact) mass is 276 g/mol. The molecular weight excluding hydrogens is 260 g/mol. The van der Waals surface area contributed by atoms with Crippen molar-refractivity contribution in [1.82, 2.24) is 10.3 Å². The standard InChI is InChI=1S/C14H16N2S2/c1-15-13(6-10-7-16-9-18-10)12-8-17-14-5-3-2-4-11(12)14/h2-5,7,9,12-13,15H,6,8H2,1H3. The van der Waals surface area contributed by atoms with Crippen LogP contribution in [0.25, 0.3) is 0 Å². The van der Waals surface area contributed by atoms with Crippen LogP contribution < -0.4 is 5.32 Å². The Morgan fingerprint density at radius 2 is 2.33 bits per heavy atom. The first-order valence-corrected chi connectivity index (χ1v) is 8.01. The lowest BCUT2D eigenvalue weighted by molar-refractivity contribution is 0.491. The summed E-state index contributed by atoms with van der Waals surface area (Å²) in [6, 6.07) is 9.29. The van der Waals surface area contributed by atoms with Crippen molar-refractivity contribution >= 4 is 23.1 Å². The highest BCUT2D eigenvalue weighted by molar-refractivity contribution is 7.99. The van der Waals surface area contributed by atoms with Crippen molar-refractivity contribution in [2.24, 2.45) is 0 Å². The summed E-state index contributed by atoms with van der Waals surface area (Å²) in [5, 5.41) is 3.49. The van der Waals surface area contributed by atoms with E-state index in [1.54, 1.807) is 11.3 Å². The summed E-state index contributed by atoms with van der Waals surface area (Å²) in [6.45, 7) is 0. The smallest absolute Gasteiger partial charge is 0.0794 e. The molecule has 0 bridgehead atoms. The molecule has 2 unspecified atom stereocenters. The Bertz CT molecular complexity index is 510. The van der Waals surface area contributed by atoms with Crippen LogP contribution in [0.5, 0.6) is 0 Å². The zero-order chi connectivity index (χ0) is 12.4. The second-order valence-corrected chi connectivity index (χ2v) is 6.56. The van der Waals surface area contributed by atoms with E-state index in [1.165, 1.54) is 21.1 Å². The number of benzene rings is 1. The summed E-state index contributed by atoms with van der Waals surface area (Å²) in [6.07, 6.45) is 3.06. The Labute approximate surface area is 116 Å². The van der Waals surface area contributed by atoms with Crippen LogP contribution in [0.15, 0.2) is 40.9 Å². The van der Waals surface area contributed by atoms with Gasteiger partial charge in [0.15, 0.2) is 0 Å². The number of rotatable bonds is 4. The summed E-state index contributed by atoms with van der Waals surface area (Å²) < 4.78 is 0. The van der Waals surface area contributed by atoms with Gasteiger partial charge in [0, 0.05) is 33.7 Å². The summed E-state index contributed by atoms with van der Waals surface area (Å²) in [7, 11) is 2.07. The van der Waals surface area contributed by atoms with Crippen molar-refractivity contribution in [1.29, 1.82) is 0 Å². The minimum Gasteiger partial charge on any atom is -0.316 e. The minimum absolute atomic E-state index is 0.501. The third-order valence-electron chi connectivity index (χ3n) is 3.50. The van der Waals surface area contributed by atoms with Crippen LogP contribution >= 0.6 is 23.1 Å². The fourth-order valence-electron chi connectivity index (χ4n) is 2.53. The molecule has 0 radical (unpaired) electrons. The third-order valence-corrected chi connectivity index (χ3v) is 5.51. The third kappa shape index (κ3) is 2.32. The van der Waals surface area contributed by atoms with E-state index in [4.69, 9.17) is 0 Å². The predicted molar refractivity (Wildman–Crippen MR) is 78.6 cm³/mol. The molecule has 94 valence electrons. The molecule has 1 aromatic carbocycles. The number of thioether (sulfide) groups is 1. The summed E-state index contributed by atoms with van der Waals surface area (Å²) >= 11 is 3.73. The van der Waals surface area contributed by atoms with Gasteiger partial charge in [-0.2, -0.15) is 0 Å². The van der Waals surface area contributed by atoms with Gasteiger partial charge in [0.05, 0.1) is 5.51 Å². The Morgan fingerprint density at radius 1 is 1.44 bits per heavy atom. The largest absolute Gasteiger partial charge is 0.316 e. The molecule has 0 saturated carbocycles. The lowest BCUT2D eigenvalue weighted by atomic mass is 9.91. The molecular formula is C14H16N2S2. The molecule has 2 heterocycles. The predicted octanol–water partition coefficient (Wildman–Crippen LogP) is 3.16. The molecule has 1 aromatic heterocycles. The second kappa shape index (κ2) is 5.43. The number of thiazole rings is 1. The fraction of sp³-hybridized carbons (Fsp3) is 0.357. The molecule has 0 fully saturated rings. The number of aromatic nitrogens is 1. The number of hydrogen-bond donors (Lipinski definition) is 1. The van der Waals surface area contributed by atoms with E-state index >= 15 is 0 Å². The van der Waals surface area contributed by atoms with E-state index in [1.807, 2.05) is 23.5 Å². The van der Waals surface area contributed by atoms with Gasteiger partial charge in [0.25, 0.3) is 0 Å². The van der Waals surface area contributed by atoms with Crippen LogP contribution in [0.1, 0.15) is 16.4 Å². The average Bonchev–Trinajstić information content (AvgIpc) is 3.05. The lowest BCUT2D eigenvalue weighted by Crippen LogP contribution is -2.34. The molecule has 2 atom stereocenters. The SMILES string of the molecule is CNC(Cc1cncs1)C1CSc2ccccc21. The highest BCUT2D eigenvalue weighted by Gasteiger charge is 2.29. The van der Waals surface area contributed by atoms with Gasteiger partial charge in [0.1, 0.15) is 0 Å². The zero-order valence-corrected chi connectivity index (χ0v) is 11.9. The van der Waals surface area contributed by atoms with E-state index < -0.39 is 0 Å². The van der Waals surface area contributed by atoms with Crippen molar-refractivity contribution in [3.63, 3.8) is 0 Å². The summed E-state index contributed by atoms with van der Waals surface area (Å²) in [5.41, 5.74) is 3.42. The van der Waals surface area contributed by atoms with E-state index in [2.05, 4.69) is 41.6 Å². The number of hydrogen-bond acceptors (Lipinski definition) is 4. The van der Waals surface area contributed by atoms with E-state index in [-0.39, 0.29) is 0 Å². The first-order chi connectivity index (χ1) is 8.88. The van der Waals surface area contributed by atoms with Gasteiger partial charge in [-0.15, -0.1) is 23.1 Å². The van der Waals surface area contributed by atoms with Crippen molar-refractivity contribution in [2.75, 3.05) is 12.8 Å². The summed E-state index contributed by atoms with van der Waals surface area (Å²) in [5.74, 6) is 1.79. The lowest BCUT2D eigenvalue weighted by Gasteiger charge is -2.22. The van der Waals surface area contributed by atoms with Gasteiger partial charge < -0.3 is 5.32 Å². The second-order valence-electron chi connectivity index (χ2n) is 4.52. The average molecular weight is 276 g/mol. The first kappa shape index (κ1) is 12.2. The van der Waals surface area contributed by atoms with Gasteiger partial charge in [-0.25, -0.2) is 0 Å². The normalized spacial score (nSPS) is 19.7. The van der Waals surface area contributed by atoms with Gasteiger partial charge in [-0.1, -0.05) is 18.2 Å². The van der Waals surface area contributed by atoms with Crippen LogP contribution in [0, 0.1) is 0 Å². The van der Waals surface area contributed by atoms with E-state index in [0.717, 1.165) is 6.42 Å². The molecule has 0 spiro atoms. The van der Waals surface area contributed by atoms with Crippen LogP contribution in [0.4, 0.5) is 0 Å². The van der Waals surface area contributed by atoms with Crippen molar-refractivity contribution in [2.45, 2.75) is 23.3 Å². The number of nitrogens with one attached hydrogen (secondary N) is 1. The molecule has 0 aliphatic carbocycles. The molecule has 0 amide bonds. The van der Waals surface area contributed by atoms with Crippen LogP contribution in [0.2, 0.25) is 0 Å². The maximum Gasteiger partial charge on any atom is 0.0794 e. The maximum absolute atomic E-state index is 4.17. The topological polar surface area (TPSA) is 24.9 Å². The van der Waals surface area contributed by atoms with Crippen molar-refractivity contribution in [3.05, 3.63) is 46.4 Å². The fourth-order valence-corrected chi connectivity index (χ4v) is 4.51.